The molecule has 0 saturated carbocycles. The number of nitrogens with zero attached hydrogens (tertiary/aromatic N) is 5. The molecule has 2 aromatic heterocycles. The molecule has 6 nitrogen and oxygen atoms in total. The number of halogens is 1. The Morgan fingerprint density at radius 2 is 1.85 bits per heavy atom. The molecule has 7 heteroatoms. The Hall–Kier alpha value is -2.60. The molecule has 140 valence electrons. The summed E-state index contributed by atoms with van der Waals surface area (Å²) in [5, 5.41) is 5.80. The molecule has 1 aromatic carbocycles. The fourth-order valence-electron chi connectivity index (χ4n) is 3.66. The van der Waals surface area contributed by atoms with E-state index in [9.17, 15) is 4.79 Å². The quantitative estimate of drug-likeness (QED) is 0.682. The van der Waals surface area contributed by atoms with Crippen LogP contribution in [0.1, 0.15) is 21.6 Å². The molecule has 1 aliphatic heterocycles. The Morgan fingerprint density at radius 3 is 2.59 bits per heavy atom. The van der Waals surface area contributed by atoms with Gasteiger partial charge in [-0.15, -0.1) is 0 Å². The average Bonchev–Trinajstić information content (AvgIpc) is 3.03. The van der Waals surface area contributed by atoms with Gasteiger partial charge < -0.3 is 9.80 Å². The predicted octanol–water partition coefficient (Wildman–Crippen LogP) is 3.20. The second kappa shape index (κ2) is 6.85. The van der Waals surface area contributed by atoms with Crippen molar-refractivity contribution in [2.24, 2.45) is 7.05 Å². The van der Waals surface area contributed by atoms with Gasteiger partial charge in [0.1, 0.15) is 0 Å². The van der Waals surface area contributed by atoms with Gasteiger partial charge in [-0.05, 0) is 37.6 Å². The molecular weight excluding hydrogens is 362 g/mol. The maximum atomic E-state index is 13.2. The minimum absolute atomic E-state index is 0.0426. The molecule has 1 aliphatic rings. The van der Waals surface area contributed by atoms with Crippen LogP contribution < -0.4 is 4.90 Å². The lowest BCUT2D eigenvalue weighted by Crippen LogP contribution is -2.49. The molecule has 0 radical (unpaired) electrons. The van der Waals surface area contributed by atoms with Crippen LogP contribution in [-0.4, -0.2) is 51.8 Å². The molecule has 4 rings (SSSR count). The number of carbonyl (C=O) groups is 1. The van der Waals surface area contributed by atoms with Crippen molar-refractivity contribution in [3.8, 4) is 0 Å². The number of aromatic nitrogens is 3. The lowest BCUT2D eigenvalue weighted by atomic mass is 10.1. The summed E-state index contributed by atoms with van der Waals surface area (Å²) in [4.78, 5) is 21.9. The van der Waals surface area contributed by atoms with Crippen molar-refractivity contribution in [2.75, 3.05) is 31.1 Å². The summed E-state index contributed by atoms with van der Waals surface area (Å²) in [6.07, 6.45) is 1.72. The van der Waals surface area contributed by atoms with Crippen LogP contribution >= 0.6 is 11.6 Å². The standard InChI is InChI=1S/C20H22ClN5O/c1-13-4-5-15(21)11-18(13)25-6-8-26(9-7-25)20(27)16-10-14(2)23-19-17(16)12-22-24(19)3/h4-5,10-12H,6-9H2,1-3H3. The van der Waals surface area contributed by atoms with Gasteiger partial charge in [-0.2, -0.15) is 5.10 Å². The van der Waals surface area contributed by atoms with E-state index < -0.39 is 0 Å². The fourth-order valence-corrected chi connectivity index (χ4v) is 3.83. The molecule has 1 saturated heterocycles. The van der Waals surface area contributed by atoms with E-state index in [1.165, 1.54) is 5.56 Å². The third kappa shape index (κ3) is 3.25. The smallest absolute Gasteiger partial charge is 0.254 e. The molecule has 0 unspecified atom stereocenters. The first kappa shape index (κ1) is 17.8. The number of hydrogen-bond acceptors (Lipinski definition) is 4. The van der Waals surface area contributed by atoms with Gasteiger partial charge in [-0.3, -0.25) is 9.48 Å². The van der Waals surface area contributed by atoms with E-state index in [0.29, 0.717) is 18.7 Å². The van der Waals surface area contributed by atoms with Gasteiger partial charge in [-0.25, -0.2) is 4.98 Å². The van der Waals surface area contributed by atoms with Crippen LogP contribution in [0, 0.1) is 13.8 Å². The van der Waals surface area contributed by atoms with Gasteiger partial charge in [0.15, 0.2) is 5.65 Å². The van der Waals surface area contributed by atoms with Crippen LogP contribution in [0.4, 0.5) is 5.69 Å². The third-order valence-electron chi connectivity index (χ3n) is 5.14. The Bertz CT molecular complexity index is 1020. The Balaban J connectivity index is 1.55. The molecule has 3 aromatic rings. The van der Waals surface area contributed by atoms with E-state index in [4.69, 9.17) is 11.6 Å². The summed E-state index contributed by atoms with van der Waals surface area (Å²) in [7, 11) is 1.84. The molecule has 0 bridgehead atoms. The number of anilines is 1. The van der Waals surface area contributed by atoms with E-state index in [1.807, 2.05) is 43.1 Å². The maximum absolute atomic E-state index is 13.2. The number of benzene rings is 1. The first-order chi connectivity index (χ1) is 12.9. The summed E-state index contributed by atoms with van der Waals surface area (Å²) in [6, 6.07) is 7.80. The molecule has 0 atom stereocenters. The summed E-state index contributed by atoms with van der Waals surface area (Å²) in [5.74, 6) is 0.0426. The number of piperazine rings is 1. The van der Waals surface area contributed by atoms with Crippen molar-refractivity contribution in [3.63, 3.8) is 0 Å². The van der Waals surface area contributed by atoms with Crippen molar-refractivity contribution >= 4 is 34.2 Å². The number of fused-ring (bicyclic) bond motifs is 1. The van der Waals surface area contributed by atoms with Crippen LogP contribution in [0.2, 0.25) is 5.02 Å². The molecule has 1 fully saturated rings. The van der Waals surface area contributed by atoms with E-state index in [2.05, 4.69) is 21.9 Å². The lowest BCUT2D eigenvalue weighted by Gasteiger charge is -2.37. The van der Waals surface area contributed by atoms with Crippen LogP contribution in [0.15, 0.2) is 30.5 Å². The van der Waals surface area contributed by atoms with E-state index in [0.717, 1.165) is 40.5 Å². The second-order valence-electron chi connectivity index (χ2n) is 7.03. The highest BCUT2D eigenvalue weighted by atomic mass is 35.5. The Labute approximate surface area is 163 Å². The van der Waals surface area contributed by atoms with Gasteiger partial charge in [0.05, 0.1) is 17.1 Å². The van der Waals surface area contributed by atoms with Crippen molar-refractivity contribution in [1.29, 1.82) is 0 Å². The Kier molecular flexibility index (Phi) is 4.52. The van der Waals surface area contributed by atoms with Gasteiger partial charge in [-0.1, -0.05) is 17.7 Å². The third-order valence-corrected chi connectivity index (χ3v) is 5.38. The highest BCUT2D eigenvalue weighted by Crippen LogP contribution is 2.26. The average molecular weight is 384 g/mol. The van der Waals surface area contributed by atoms with Gasteiger partial charge in [0, 0.05) is 49.6 Å². The van der Waals surface area contributed by atoms with Crippen molar-refractivity contribution in [1.82, 2.24) is 19.7 Å². The lowest BCUT2D eigenvalue weighted by molar-refractivity contribution is 0.0748. The number of aryl methyl sites for hydroxylation is 3. The molecule has 3 heterocycles. The molecule has 0 spiro atoms. The Morgan fingerprint density at radius 1 is 1.11 bits per heavy atom. The zero-order chi connectivity index (χ0) is 19.1. The molecule has 1 amide bonds. The minimum atomic E-state index is 0.0426. The molecule has 0 N–H and O–H groups in total. The monoisotopic (exact) mass is 383 g/mol. The van der Waals surface area contributed by atoms with Gasteiger partial charge in [0.25, 0.3) is 5.91 Å². The summed E-state index contributed by atoms with van der Waals surface area (Å²) in [6.45, 7) is 6.91. The molecule has 0 aliphatic carbocycles. The number of pyridine rings is 1. The van der Waals surface area contributed by atoms with Crippen LogP contribution in [0.5, 0.6) is 0 Å². The van der Waals surface area contributed by atoms with Crippen molar-refractivity contribution < 1.29 is 4.79 Å². The second-order valence-corrected chi connectivity index (χ2v) is 7.46. The zero-order valence-electron chi connectivity index (χ0n) is 15.7. The first-order valence-corrected chi connectivity index (χ1v) is 9.41. The SMILES string of the molecule is Cc1cc(C(=O)N2CCN(c3cc(Cl)ccc3C)CC2)c2cnn(C)c2n1. The molecular formula is C20H22ClN5O. The number of carbonyl (C=O) groups excluding carboxylic acids is 1. The van der Waals surface area contributed by atoms with E-state index in [-0.39, 0.29) is 5.91 Å². The summed E-state index contributed by atoms with van der Waals surface area (Å²) < 4.78 is 1.71. The number of rotatable bonds is 2. The minimum Gasteiger partial charge on any atom is -0.368 e. The highest BCUT2D eigenvalue weighted by molar-refractivity contribution is 6.30. The number of hydrogen-bond donors (Lipinski definition) is 0. The van der Waals surface area contributed by atoms with Crippen molar-refractivity contribution in [3.05, 3.63) is 52.3 Å². The maximum Gasteiger partial charge on any atom is 0.254 e. The first-order valence-electron chi connectivity index (χ1n) is 9.04. The molecule has 27 heavy (non-hydrogen) atoms. The van der Waals surface area contributed by atoms with E-state index in [1.54, 1.807) is 10.9 Å². The highest BCUT2D eigenvalue weighted by Gasteiger charge is 2.25. The topological polar surface area (TPSA) is 54.3 Å². The van der Waals surface area contributed by atoms with E-state index >= 15 is 0 Å². The fraction of sp³-hybridized carbons (Fsp3) is 0.350. The largest absolute Gasteiger partial charge is 0.368 e. The van der Waals surface area contributed by atoms with Crippen LogP contribution in [0.25, 0.3) is 11.0 Å². The van der Waals surface area contributed by atoms with Crippen LogP contribution in [0.3, 0.4) is 0 Å². The van der Waals surface area contributed by atoms with Gasteiger partial charge in [0.2, 0.25) is 0 Å². The summed E-state index contributed by atoms with van der Waals surface area (Å²) >= 11 is 6.16. The normalized spacial score (nSPS) is 14.8. The summed E-state index contributed by atoms with van der Waals surface area (Å²) in [5.41, 5.74) is 4.58. The zero-order valence-corrected chi connectivity index (χ0v) is 16.5. The van der Waals surface area contributed by atoms with Crippen LogP contribution in [-0.2, 0) is 7.05 Å². The van der Waals surface area contributed by atoms with Crippen molar-refractivity contribution in [2.45, 2.75) is 13.8 Å². The number of amides is 1. The predicted molar refractivity (Wildman–Crippen MR) is 108 cm³/mol. The van der Waals surface area contributed by atoms with Gasteiger partial charge >= 0.3 is 0 Å².